The van der Waals surface area contributed by atoms with Gasteiger partial charge in [-0.15, -0.1) is 0 Å². The number of carboxylic acids is 1. The summed E-state index contributed by atoms with van der Waals surface area (Å²) >= 11 is 0. The lowest BCUT2D eigenvalue weighted by Gasteiger charge is -2.12. The number of carbonyl (C=O) groups is 2. The normalized spacial score (nSPS) is 11.8. The lowest BCUT2D eigenvalue weighted by atomic mass is 10.1. The molecule has 132 valence electrons. The first-order chi connectivity index (χ1) is 11.8. The largest absolute Gasteiger partial charge is 0.480 e. The number of aromatic nitrogens is 4. The molecular weight excluding hydrogens is 322 g/mol. The van der Waals surface area contributed by atoms with Crippen LogP contribution < -0.4 is 5.32 Å². The predicted octanol–water partition coefficient (Wildman–Crippen LogP) is 2.36. The van der Waals surface area contributed by atoms with E-state index in [2.05, 4.69) is 15.3 Å². The van der Waals surface area contributed by atoms with Gasteiger partial charge in [0.15, 0.2) is 0 Å². The summed E-state index contributed by atoms with van der Waals surface area (Å²) in [6.45, 7) is 7.70. The molecule has 0 aliphatic rings. The van der Waals surface area contributed by atoms with Crippen molar-refractivity contribution in [1.29, 1.82) is 0 Å². The molecule has 0 bridgehead atoms. The first-order valence-corrected chi connectivity index (χ1v) is 8.17. The van der Waals surface area contributed by atoms with E-state index in [4.69, 9.17) is 5.11 Å². The average Bonchev–Trinajstić information content (AvgIpc) is 3.13. The summed E-state index contributed by atoms with van der Waals surface area (Å²) in [6.07, 6.45) is 3.39. The smallest absolute Gasteiger partial charge is 0.322 e. The van der Waals surface area contributed by atoms with Gasteiger partial charge in [0.2, 0.25) is 0 Å². The molecule has 2 aromatic heterocycles. The summed E-state index contributed by atoms with van der Waals surface area (Å²) in [5.41, 5.74) is 3.01. The summed E-state index contributed by atoms with van der Waals surface area (Å²) < 4.78 is 3.97. The fourth-order valence-electron chi connectivity index (χ4n) is 2.94. The predicted molar refractivity (Wildman–Crippen MR) is 93.8 cm³/mol. The summed E-state index contributed by atoms with van der Waals surface area (Å²) in [5, 5.41) is 11.3. The number of benzene rings is 1. The van der Waals surface area contributed by atoms with Gasteiger partial charge in [0.05, 0.1) is 29.3 Å². The van der Waals surface area contributed by atoms with Crippen LogP contribution in [-0.4, -0.2) is 42.6 Å². The van der Waals surface area contributed by atoms with Crippen molar-refractivity contribution in [3.8, 4) is 0 Å². The van der Waals surface area contributed by atoms with E-state index in [-0.39, 0.29) is 12.1 Å². The molecule has 0 saturated heterocycles. The molecule has 25 heavy (non-hydrogen) atoms. The number of carboxylic acid groups (broad SMARTS) is 1. The van der Waals surface area contributed by atoms with Crippen molar-refractivity contribution >= 4 is 33.9 Å². The molecule has 3 aromatic rings. The molecule has 0 saturated carbocycles. The van der Waals surface area contributed by atoms with Crippen LogP contribution in [0.25, 0.3) is 22.1 Å². The highest BCUT2D eigenvalue weighted by Gasteiger charge is 2.22. The number of hydrogen-bond acceptors (Lipinski definition) is 4. The summed E-state index contributed by atoms with van der Waals surface area (Å²) in [6, 6.07) is 2.33. The number of hydrogen-bond donors (Lipinski definition) is 2. The summed E-state index contributed by atoms with van der Waals surface area (Å²) in [4.78, 5) is 32.3. The van der Waals surface area contributed by atoms with Gasteiger partial charge in [-0.05, 0) is 33.8 Å². The fraction of sp³-hybridized carbons (Fsp3) is 0.412. The number of aliphatic carboxylic acids is 1. The van der Waals surface area contributed by atoms with Gasteiger partial charge in [0.25, 0.3) is 5.91 Å². The Morgan fingerprint density at radius 2 is 1.52 bits per heavy atom. The van der Waals surface area contributed by atoms with Crippen molar-refractivity contribution < 1.29 is 14.7 Å². The minimum Gasteiger partial charge on any atom is -0.480 e. The van der Waals surface area contributed by atoms with Gasteiger partial charge < -0.3 is 19.6 Å². The number of amides is 1. The molecule has 0 unspecified atom stereocenters. The Morgan fingerprint density at radius 1 is 1.04 bits per heavy atom. The Balaban J connectivity index is 2.30. The monoisotopic (exact) mass is 343 g/mol. The molecule has 3 rings (SSSR count). The van der Waals surface area contributed by atoms with Crippen LogP contribution in [0, 0.1) is 0 Å². The number of nitrogens with one attached hydrogen (secondary N) is 1. The molecule has 8 nitrogen and oxygen atoms in total. The average molecular weight is 343 g/mol. The minimum atomic E-state index is -1.10. The zero-order valence-corrected chi connectivity index (χ0v) is 14.6. The topological polar surface area (TPSA) is 102 Å². The zero-order chi connectivity index (χ0) is 18.3. The van der Waals surface area contributed by atoms with Gasteiger partial charge in [0.1, 0.15) is 17.6 Å². The van der Waals surface area contributed by atoms with E-state index in [9.17, 15) is 9.59 Å². The highest BCUT2D eigenvalue weighted by Crippen LogP contribution is 2.30. The van der Waals surface area contributed by atoms with Crippen LogP contribution in [-0.2, 0) is 4.79 Å². The highest BCUT2D eigenvalue weighted by atomic mass is 16.4. The lowest BCUT2D eigenvalue weighted by molar-refractivity contribution is -0.135. The second-order valence-electron chi connectivity index (χ2n) is 6.55. The second kappa shape index (κ2) is 6.19. The molecule has 2 N–H and O–H groups in total. The first kappa shape index (κ1) is 16.9. The Kier molecular flexibility index (Phi) is 4.20. The molecule has 0 aliphatic carbocycles. The Bertz CT molecular complexity index is 907. The standard InChI is InChI=1S/C17H21N5O3/c1-9(2)21-7-19-15-11(21)5-12-16(20-8-22(12)10(3)4)14(15)17(25)18-6-13(23)24/h5,7-10H,6H2,1-4H3,(H,18,25)(H,23,24). The second-order valence-corrected chi connectivity index (χ2v) is 6.55. The van der Waals surface area contributed by atoms with Crippen molar-refractivity contribution in [3.05, 3.63) is 24.3 Å². The van der Waals surface area contributed by atoms with Crippen LogP contribution in [0.1, 0.15) is 50.1 Å². The zero-order valence-electron chi connectivity index (χ0n) is 14.6. The third kappa shape index (κ3) is 2.84. The van der Waals surface area contributed by atoms with E-state index in [0.717, 1.165) is 11.0 Å². The quantitative estimate of drug-likeness (QED) is 0.740. The number of fused-ring (bicyclic) bond motifs is 2. The van der Waals surface area contributed by atoms with Crippen molar-refractivity contribution in [1.82, 2.24) is 24.4 Å². The van der Waals surface area contributed by atoms with Gasteiger partial charge in [0, 0.05) is 12.1 Å². The molecule has 0 spiro atoms. The molecule has 8 heteroatoms. The third-order valence-electron chi connectivity index (χ3n) is 4.15. The number of imidazole rings is 2. The van der Waals surface area contributed by atoms with Crippen LogP contribution >= 0.6 is 0 Å². The van der Waals surface area contributed by atoms with Gasteiger partial charge in [-0.3, -0.25) is 9.59 Å². The molecular formula is C17H21N5O3. The van der Waals surface area contributed by atoms with E-state index < -0.39 is 18.4 Å². The Labute approximate surface area is 144 Å². The minimum absolute atomic E-state index is 0.174. The fourth-order valence-corrected chi connectivity index (χ4v) is 2.94. The van der Waals surface area contributed by atoms with Gasteiger partial charge in [-0.2, -0.15) is 0 Å². The van der Waals surface area contributed by atoms with Crippen molar-refractivity contribution in [2.45, 2.75) is 39.8 Å². The molecule has 1 amide bonds. The number of rotatable bonds is 5. The van der Waals surface area contributed by atoms with Crippen molar-refractivity contribution in [2.24, 2.45) is 0 Å². The Morgan fingerprint density at radius 3 is 1.92 bits per heavy atom. The molecule has 0 radical (unpaired) electrons. The SMILES string of the molecule is CC(C)n1cnc2c(C(=O)NCC(=O)O)c3ncn(C(C)C)c3cc21. The number of carbonyl (C=O) groups excluding carboxylic acids is 1. The Hall–Kier alpha value is -2.90. The van der Waals surface area contributed by atoms with E-state index in [1.165, 1.54) is 0 Å². The number of nitrogens with zero attached hydrogens (tertiary/aromatic N) is 4. The van der Waals surface area contributed by atoms with Crippen LogP contribution in [0.5, 0.6) is 0 Å². The maximum atomic E-state index is 12.7. The van der Waals surface area contributed by atoms with Crippen LogP contribution in [0.4, 0.5) is 0 Å². The molecule has 2 heterocycles. The van der Waals surface area contributed by atoms with Crippen molar-refractivity contribution in [2.75, 3.05) is 6.54 Å². The van der Waals surface area contributed by atoms with E-state index >= 15 is 0 Å². The van der Waals surface area contributed by atoms with Gasteiger partial charge in [-0.1, -0.05) is 0 Å². The van der Waals surface area contributed by atoms with E-state index in [0.29, 0.717) is 16.6 Å². The molecule has 1 aromatic carbocycles. The third-order valence-corrected chi connectivity index (χ3v) is 4.15. The molecule has 0 aliphatic heterocycles. The molecule has 0 atom stereocenters. The lowest BCUT2D eigenvalue weighted by Crippen LogP contribution is -2.29. The maximum Gasteiger partial charge on any atom is 0.322 e. The first-order valence-electron chi connectivity index (χ1n) is 8.17. The summed E-state index contributed by atoms with van der Waals surface area (Å²) in [7, 11) is 0. The van der Waals surface area contributed by atoms with Crippen LogP contribution in [0.3, 0.4) is 0 Å². The molecule has 0 fully saturated rings. The van der Waals surface area contributed by atoms with Gasteiger partial charge >= 0.3 is 5.97 Å². The van der Waals surface area contributed by atoms with Gasteiger partial charge in [-0.25, -0.2) is 9.97 Å². The van der Waals surface area contributed by atoms with Crippen LogP contribution in [0.2, 0.25) is 0 Å². The highest BCUT2D eigenvalue weighted by molar-refractivity contribution is 6.15. The van der Waals surface area contributed by atoms with E-state index in [1.807, 2.05) is 42.9 Å². The maximum absolute atomic E-state index is 12.7. The van der Waals surface area contributed by atoms with Crippen LogP contribution in [0.15, 0.2) is 18.7 Å². The summed E-state index contributed by atoms with van der Waals surface area (Å²) in [5.74, 6) is -1.58. The van der Waals surface area contributed by atoms with E-state index in [1.54, 1.807) is 12.7 Å². The van der Waals surface area contributed by atoms with Crippen molar-refractivity contribution in [3.63, 3.8) is 0 Å².